The number of thiazole rings is 1. The first-order valence-electron chi connectivity index (χ1n) is 12.3. The molecule has 2 heterocycles. The van der Waals surface area contributed by atoms with E-state index in [2.05, 4.69) is 10.3 Å². The number of likely N-dealkylation sites (tertiary alicyclic amines) is 1. The van der Waals surface area contributed by atoms with Crippen molar-refractivity contribution in [2.24, 2.45) is 5.92 Å². The molecular formula is C28H28Cl2N3O4S2+. The summed E-state index contributed by atoms with van der Waals surface area (Å²) in [5.41, 5.74) is 2.29. The normalized spacial score (nSPS) is 14.9. The number of nitrogens with one attached hydrogen (secondary N) is 1. The lowest BCUT2D eigenvalue weighted by atomic mass is 9.95. The van der Waals surface area contributed by atoms with Crippen LogP contribution in [-0.2, 0) is 20.8 Å². The summed E-state index contributed by atoms with van der Waals surface area (Å²) < 4.78 is 0. The first-order valence-corrected chi connectivity index (χ1v) is 15.2. The second-order valence-electron chi connectivity index (χ2n) is 9.06. The average Bonchev–Trinajstić information content (AvgIpc) is 3.42. The lowest BCUT2D eigenvalue weighted by molar-refractivity contribution is -0.142. The average molecular weight is 606 g/mol. The van der Waals surface area contributed by atoms with E-state index in [0.717, 1.165) is 15.5 Å². The van der Waals surface area contributed by atoms with E-state index in [1.165, 1.54) is 29.2 Å². The Morgan fingerprint density at radius 3 is 2.54 bits per heavy atom. The van der Waals surface area contributed by atoms with E-state index in [4.69, 9.17) is 28.3 Å². The Balaban J connectivity index is 1.30. The van der Waals surface area contributed by atoms with Crippen molar-refractivity contribution in [2.75, 3.05) is 19.3 Å². The number of halogens is 2. The molecule has 1 aromatic heterocycles. The molecule has 2 amide bonds. The van der Waals surface area contributed by atoms with Crippen molar-refractivity contribution in [3.05, 3.63) is 75.2 Å². The molecule has 0 unspecified atom stereocenters. The van der Waals surface area contributed by atoms with Gasteiger partial charge < -0.3 is 15.3 Å². The molecule has 204 valence electrons. The predicted molar refractivity (Wildman–Crippen MR) is 158 cm³/mol. The summed E-state index contributed by atoms with van der Waals surface area (Å²) in [5.74, 6) is -1.66. The number of piperidine rings is 1. The number of hydrogen-bond acceptors (Lipinski definition) is 6. The van der Waals surface area contributed by atoms with E-state index >= 15 is 0 Å². The standard InChI is InChI=1S/C28H27Cl2N3O4S2/c1-38-22-9-7-17(24(29)25(22)30)8-10-23(34)33-13-11-18(12-14-33)26(35)32-21(28(36)37)15-20-16-39-27(31-20)19-5-3-2-4-6-19/h2-10,16,18,21H,11-15H2,1H3,(H,32,35)(H,36,37)/p+1/b10-8+/t21-/m0/s1. The molecule has 0 bridgehead atoms. The highest BCUT2D eigenvalue weighted by atomic mass is 35.5. The summed E-state index contributed by atoms with van der Waals surface area (Å²) >= 11 is 15.6. The molecule has 1 aliphatic heterocycles. The van der Waals surface area contributed by atoms with Crippen LogP contribution in [0.15, 0.2) is 58.8 Å². The van der Waals surface area contributed by atoms with Crippen LogP contribution in [0.5, 0.6) is 0 Å². The van der Waals surface area contributed by atoms with Crippen LogP contribution in [0.25, 0.3) is 16.6 Å². The van der Waals surface area contributed by atoms with Crippen molar-refractivity contribution < 1.29 is 19.5 Å². The molecule has 1 aliphatic rings. The molecule has 0 spiro atoms. The van der Waals surface area contributed by atoms with Gasteiger partial charge in [0.25, 0.3) is 0 Å². The Labute approximate surface area is 245 Å². The van der Waals surface area contributed by atoms with Crippen LogP contribution in [0.2, 0.25) is 10.0 Å². The lowest BCUT2D eigenvalue weighted by Gasteiger charge is -2.31. The molecule has 0 saturated carbocycles. The zero-order chi connectivity index (χ0) is 27.9. The topological polar surface area (TPSA) is 102 Å². The number of carbonyl (C=O) groups excluding carboxylic acids is 3. The van der Waals surface area contributed by atoms with Crippen molar-refractivity contribution in [3.63, 3.8) is 0 Å². The molecule has 39 heavy (non-hydrogen) atoms. The van der Waals surface area contributed by atoms with E-state index in [-0.39, 0.29) is 24.2 Å². The molecule has 7 nitrogen and oxygen atoms in total. The minimum Gasteiger partial charge on any atom is -0.563 e. The van der Waals surface area contributed by atoms with Gasteiger partial charge in [-0.15, -0.1) is 23.1 Å². The van der Waals surface area contributed by atoms with Gasteiger partial charge in [-0.05, 0) is 36.8 Å². The van der Waals surface area contributed by atoms with Gasteiger partial charge in [-0.25, -0.2) is 4.98 Å². The van der Waals surface area contributed by atoms with Gasteiger partial charge in [0, 0.05) is 52.1 Å². The fourth-order valence-corrected chi connectivity index (χ4v) is 6.30. The highest BCUT2D eigenvalue weighted by Crippen LogP contribution is 2.35. The Hall–Kier alpha value is -2.85. The first kappa shape index (κ1) is 29.1. The van der Waals surface area contributed by atoms with Crippen LogP contribution in [0.3, 0.4) is 0 Å². The van der Waals surface area contributed by atoms with Crippen LogP contribution in [0, 0.1) is 5.92 Å². The molecular weight excluding hydrogens is 577 g/mol. The predicted octanol–water partition coefficient (Wildman–Crippen LogP) is 5.07. The number of amides is 2. The van der Waals surface area contributed by atoms with E-state index in [0.29, 0.717) is 47.2 Å². The van der Waals surface area contributed by atoms with E-state index in [1.54, 1.807) is 11.0 Å². The van der Waals surface area contributed by atoms with Gasteiger partial charge in [0.2, 0.25) is 11.8 Å². The molecule has 1 fully saturated rings. The van der Waals surface area contributed by atoms with Gasteiger partial charge in [-0.3, -0.25) is 9.59 Å². The molecule has 3 N–H and O–H groups in total. The molecule has 0 aliphatic carbocycles. The van der Waals surface area contributed by atoms with Crippen molar-refractivity contribution in [1.29, 1.82) is 0 Å². The number of thioether (sulfide) groups is 1. The van der Waals surface area contributed by atoms with Crippen molar-refractivity contribution in [1.82, 2.24) is 15.2 Å². The monoisotopic (exact) mass is 604 g/mol. The minimum absolute atomic E-state index is 0.157. The summed E-state index contributed by atoms with van der Waals surface area (Å²) in [6, 6.07) is 12.4. The van der Waals surface area contributed by atoms with Crippen LogP contribution >= 0.6 is 46.3 Å². The molecule has 11 heteroatoms. The fraction of sp³-hybridized carbons (Fsp3) is 0.286. The Morgan fingerprint density at radius 2 is 1.87 bits per heavy atom. The largest absolute Gasteiger partial charge is 0.563 e. The summed E-state index contributed by atoms with van der Waals surface area (Å²) in [4.78, 5) is 44.8. The summed E-state index contributed by atoms with van der Waals surface area (Å²) in [5, 5.41) is 13.9. The molecule has 0 radical (unpaired) electrons. The number of aromatic nitrogens is 1. The zero-order valence-electron chi connectivity index (χ0n) is 21.2. The number of nitrogens with zero attached hydrogens (tertiary/aromatic N) is 2. The van der Waals surface area contributed by atoms with E-state index in [1.807, 2.05) is 54.1 Å². The van der Waals surface area contributed by atoms with Gasteiger partial charge >= 0.3 is 5.97 Å². The SMILES string of the molecule is CSc1ccc(/C=C/C(=O)N2CCC(C(=O)N[C@@H](Cc3csc(-c4ccccc4)n3)C(=O)[OH2+])CC2)c(Cl)c1Cl. The lowest BCUT2D eigenvalue weighted by Crippen LogP contribution is -2.48. The first-order chi connectivity index (χ1) is 18.8. The van der Waals surface area contributed by atoms with Gasteiger partial charge in [0.05, 0.1) is 15.7 Å². The number of rotatable bonds is 9. The Kier molecular flexibility index (Phi) is 10.1. The third kappa shape index (κ3) is 7.42. The van der Waals surface area contributed by atoms with Crippen LogP contribution < -0.4 is 5.32 Å². The van der Waals surface area contributed by atoms with Gasteiger partial charge in [-0.1, -0.05) is 59.6 Å². The maximum atomic E-state index is 12.9. The summed E-state index contributed by atoms with van der Waals surface area (Å²) in [6.07, 6.45) is 6.11. The number of hydrogen-bond donors (Lipinski definition) is 1. The fourth-order valence-electron chi connectivity index (χ4n) is 4.28. The quantitative estimate of drug-likeness (QED) is 0.209. The van der Waals surface area contributed by atoms with Crippen LogP contribution in [0.4, 0.5) is 0 Å². The minimum atomic E-state index is -0.972. The third-order valence-electron chi connectivity index (χ3n) is 6.50. The molecule has 4 rings (SSSR count). The molecule has 3 aromatic rings. The zero-order valence-corrected chi connectivity index (χ0v) is 24.3. The van der Waals surface area contributed by atoms with Crippen LogP contribution in [0.1, 0.15) is 24.1 Å². The third-order valence-corrected chi connectivity index (χ3v) is 9.23. The van der Waals surface area contributed by atoms with E-state index in [9.17, 15) is 14.4 Å². The van der Waals surface area contributed by atoms with Gasteiger partial charge in [-0.2, -0.15) is 0 Å². The molecule has 1 atom stereocenters. The van der Waals surface area contributed by atoms with Gasteiger partial charge in [0.15, 0.2) is 6.04 Å². The second-order valence-corrected chi connectivity index (χ2v) is 11.5. The van der Waals surface area contributed by atoms with Crippen molar-refractivity contribution in [2.45, 2.75) is 30.2 Å². The Morgan fingerprint density at radius 1 is 1.15 bits per heavy atom. The van der Waals surface area contributed by atoms with Crippen molar-refractivity contribution >= 4 is 70.2 Å². The highest BCUT2D eigenvalue weighted by Gasteiger charge is 2.33. The van der Waals surface area contributed by atoms with Crippen molar-refractivity contribution in [3.8, 4) is 10.6 Å². The molecule has 2 aromatic carbocycles. The second kappa shape index (κ2) is 13.5. The maximum Gasteiger partial charge on any atom is 0.539 e. The summed E-state index contributed by atoms with van der Waals surface area (Å²) in [6.45, 7) is 0.820. The highest BCUT2D eigenvalue weighted by molar-refractivity contribution is 7.98. The van der Waals surface area contributed by atoms with E-state index < -0.39 is 12.0 Å². The Bertz CT molecular complexity index is 1370. The maximum absolute atomic E-state index is 12.9. The van der Waals surface area contributed by atoms with Gasteiger partial charge in [0.1, 0.15) is 5.01 Å². The smallest absolute Gasteiger partial charge is 0.539 e. The summed E-state index contributed by atoms with van der Waals surface area (Å²) in [7, 11) is 0. The number of carbonyl (C=O) groups is 3. The molecule has 1 saturated heterocycles. The van der Waals surface area contributed by atoms with Crippen LogP contribution in [-0.4, -0.2) is 58.2 Å². The number of benzene rings is 2.